The Bertz CT molecular complexity index is 724. The third-order valence-electron chi connectivity index (χ3n) is 5.60. The van der Waals surface area contributed by atoms with E-state index >= 15 is 0 Å². The number of ether oxygens (including phenoxy) is 3. The van der Waals surface area contributed by atoms with E-state index < -0.39 is 24.0 Å². The Labute approximate surface area is 178 Å². The number of aromatic nitrogens is 1. The van der Waals surface area contributed by atoms with Crippen LogP contribution in [0.3, 0.4) is 0 Å². The van der Waals surface area contributed by atoms with E-state index in [-0.39, 0.29) is 29.2 Å². The van der Waals surface area contributed by atoms with E-state index in [0.29, 0.717) is 12.3 Å². The highest BCUT2D eigenvalue weighted by molar-refractivity contribution is 5.97. The van der Waals surface area contributed by atoms with Gasteiger partial charge in [0, 0.05) is 19.4 Å². The third kappa shape index (κ3) is 6.08. The van der Waals surface area contributed by atoms with E-state index in [4.69, 9.17) is 14.2 Å². The average molecular weight is 423 g/mol. The van der Waals surface area contributed by atoms with Crippen molar-refractivity contribution in [2.75, 3.05) is 14.2 Å². The summed E-state index contributed by atoms with van der Waals surface area (Å²) in [6.07, 6.45) is 4.87. The number of rotatable bonds is 7. The van der Waals surface area contributed by atoms with Gasteiger partial charge >= 0.3 is 5.97 Å². The van der Waals surface area contributed by atoms with Crippen LogP contribution in [0.2, 0.25) is 0 Å². The van der Waals surface area contributed by atoms with E-state index in [1.807, 2.05) is 6.92 Å². The Kier molecular flexibility index (Phi) is 8.89. The summed E-state index contributed by atoms with van der Waals surface area (Å²) >= 11 is 0. The molecule has 8 nitrogen and oxygen atoms in total. The van der Waals surface area contributed by atoms with Gasteiger partial charge in [-0.1, -0.05) is 26.7 Å². The molecule has 0 radical (unpaired) electrons. The highest BCUT2D eigenvalue weighted by atomic mass is 16.6. The Morgan fingerprint density at radius 2 is 2.10 bits per heavy atom. The first-order chi connectivity index (χ1) is 14.3. The molecule has 30 heavy (non-hydrogen) atoms. The largest absolute Gasteiger partial charge is 0.503 e. The van der Waals surface area contributed by atoms with Crippen molar-refractivity contribution in [1.82, 2.24) is 10.3 Å². The van der Waals surface area contributed by atoms with Crippen molar-refractivity contribution in [2.24, 2.45) is 11.8 Å². The summed E-state index contributed by atoms with van der Waals surface area (Å²) in [6, 6.07) is 0.623. The van der Waals surface area contributed by atoms with E-state index in [9.17, 15) is 14.7 Å². The van der Waals surface area contributed by atoms with Crippen LogP contribution in [0.5, 0.6) is 11.5 Å². The SMILES string of the molecule is COc1ccnc(C(=O)NC2CCCC(CCC(C)C)C(OC)C(C)OC2=O)c1O. The van der Waals surface area contributed by atoms with Crippen molar-refractivity contribution in [2.45, 2.75) is 71.1 Å². The Morgan fingerprint density at radius 3 is 2.73 bits per heavy atom. The number of cyclic esters (lactones) is 1. The first kappa shape index (κ1) is 23.9. The van der Waals surface area contributed by atoms with Crippen LogP contribution in [0.4, 0.5) is 0 Å². The lowest BCUT2D eigenvalue weighted by Gasteiger charge is -2.30. The predicted octanol–water partition coefficient (Wildman–Crippen LogP) is 3.08. The van der Waals surface area contributed by atoms with Gasteiger partial charge in [-0.3, -0.25) is 4.79 Å². The molecule has 0 aromatic carbocycles. The molecule has 1 amide bonds. The number of carbonyl (C=O) groups is 2. The van der Waals surface area contributed by atoms with Crippen molar-refractivity contribution < 1.29 is 28.9 Å². The number of hydrogen-bond acceptors (Lipinski definition) is 7. The van der Waals surface area contributed by atoms with Crippen LogP contribution >= 0.6 is 0 Å². The number of methoxy groups -OCH3 is 2. The molecule has 1 aromatic rings. The lowest BCUT2D eigenvalue weighted by Crippen LogP contribution is -2.44. The average Bonchev–Trinajstić information content (AvgIpc) is 2.75. The summed E-state index contributed by atoms with van der Waals surface area (Å²) in [5.41, 5.74) is -0.195. The third-order valence-corrected chi connectivity index (χ3v) is 5.60. The number of hydrogen-bond donors (Lipinski definition) is 2. The van der Waals surface area contributed by atoms with E-state index in [1.54, 1.807) is 7.11 Å². The molecule has 0 spiro atoms. The number of nitrogens with zero attached hydrogens (tertiary/aromatic N) is 1. The number of amides is 1. The zero-order valence-electron chi connectivity index (χ0n) is 18.5. The second-order valence-corrected chi connectivity index (χ2v) is 8.24. The maximum atomic E-state index is 12.7. The number of aromatic hydroxyl groups is 1. The second-order valence-electron chi connectivity index (χ2n) is 8.24. The molecule has 1 saturated heterocycles. The minimum Gasteiger partial charge on any atom is -0.503 e. The number of carbonyl (C=O) groups excluding carboxylic acids is 2. The van der Waals surface area contributed by atoms with Gasteiger partial charge in [0.2, 0.25) is 0 Å². The van der Waals surface area contributed by atoms with Crippen LogP contribution in [0.25, 0.3) is 0 Å². The Morgan fingerprint density at radius 1 is 1.37 bits per heavy atom. The number of nitrogens with one attached hydrogen (secondary N) is 1. The zero-order chi connectivity index (χ0) is 22.3. The van der Waals surface area contributed by atoms with Crippen molar-refractivity contribution in [3.8, 4) is 11.5 Å². The summed E-state index contributed by atoms with van der Waals surface area (Å²) in [7, 11) is 3.03. The van der Waals surface area contributed by atoms with E-state index in [2.05, 4.69) is 24.1 Å². The summed E-state index contributed by atoms with van der Waals surface area (Å²) < 4.78 is 16.4. The Balaban J connectivity index is 2.13. The molecule has 168 valence electrons. The molecule has 4 atom stereocenters. The highest BCUT2D eigenvalue weighted by Gasteiger charge is 2.34. The van der Waals surface area contributed by atoms with Gasteiger partial charge in [0.25, 0.3) is 5.91 Å². The minimum atomic E-state index is -0.825. The number of esters is 1. The summed E-state index contributed by atoms with van der Waals surface area (Å²) in [5.74, 6) is -0.529. The molecule has 1 aliphatic heterocycles. The van der Waals surface area contributed by atoms with Gasteiger partial charge in [-0.2, -0.15) is 0 Å². The van der Waals surface area contributed by atoms with Crippen molar-refractivity contribution in [3.63, 3.8) is 0 Å². The maximum Gasteiger partial charge on any atom is 0.329 e. The van der Waals surface area contributed by atoms with Gasteiger partial charge in [-0.15, -0.1) is 0 Å². The van der Waals surface area contributed by atoms with Gasteiger partial charge in [0.05, 0.1) is 13.2 Å². The fourth-order valence-corrected chi connectivity index (χ4v) is 3.95. The molecule has 1 fully saturated rings. The molecular weight excluding hydrogens is 388 g/mol. The monoisotopic (exact) mass is 422 g/mol. The van der Waals surface area contributed by atoms with E-state index in [1.165, 1.54) is 19.4 Å². The lowest BCUT2D eigenvalue weighted by atomic mass is 9.86. The van der Waals surface area contributed by atoms with Crippen LogP contribution in [0.15, 0.2) is 12.3 Å². The summed E-state index contributed by atoms with van der Waals surface area (Å²) in [4.78, 5) is 29.3. The van der Waals surface area contributed by atoms with Crippen molar-refractivity contribution in [3.05, 3.63) is 18.0 Å². The van der Waals surface area contributed by atoms with Gasteiger partial charge in [-0.05, 0) is 38.0 Å². The maximum absolute atomic E-state index is 12.7. The van der Waals surface area contributed by atoms with Crippen molar-refractivity contribution >= 4 is 11.9 Å². The van der Waals surface area contributed by atoms with Crippen molar-refractivity contribution in [1.29, 1.82) is 0 Å². The highest BCUT2D eigenvalue weighted by Crippen LogP contribution is 2.30. The van der Waals surface area contributed by atoms with Gasteiger partial charge in [-0.25, -0.2) is 9.78 Å². The van der Waals surface area contributed by atoms with Gasteiger partial charge in [0.15, 0.2) is 17.2 Å². The Hall–Kier alpha value is -2.35. The molecular formula is C22H34N2O6. The fourth-order valence-electron chi connectivity index (χ4n) is 3.95. The molecule has 8 heteroatoms. The smallest absolute Gasteiger partial charge is 0.329 e. The van der Waals surface area contributed by atoms with Gasteiger partial charge < -0.3 is 24.6 Å². The zero-order valence-corrected chi connectivity index (χ0v) is 18.5. The van der Waals surface area contributed by atoms with Gasteiger partial charge in [0.1, 0.15) is 12.1 Å². The summed E-state index contributed by atoms with van der Waals surface area (Å²) in [6.45, 7) is 6.20. The van der Waals surface area contributed by atoms with Crippen LogP contribution in [-0.4, -0.2) is 54.4 Å². The summed E-state index contributed by atoms with van der Waals surface area (Å²) in [5, 5.41) is 12.8. The standard InChI is InChI=1S/C22H34N2O6/c1-13(2)9-10-15-7-6-8-16(22(27)30-14(3)20(15)29-5)24-21(26)18-19(25)17(28-4)11-12-23-18/h11-16,20,25H,6-10H2,1-5H3,(H,24,26). The first-order valence-electron chi connectivity index (χ1n) is 10.5. The molecule has 4 unspecified atom stereocenters. The lowest BCUT2D eigenvalue weighted by molar-refractivity contribution is -0.159. The molecule has 0 aliphatic carbocycles. The molecule has 0 saturated carbocycles. The molecule has 1 aliphatic rings. The molecule has 2 heterocycles. The molecule has 0 bridgehead atoms. The normalized spacial score (nSPS) is 25.1. The molecule has 2 N–H and O–H groups in total. The predicted molar refractivity (Wildman–Crippen MR) is 111 cm³/mol. The van der Waals surface area contributed by atoms with Crippen LogP contribution in [0, 0.1) is 11.8 Å². The van der Waals surface area contributed by atoms with E-state index in [0.717, 1.165) is 25.7 Å². The molecule has 2 rings (SSSR count). The first-order valence-corrected chi connectivity index (χ1v) is 10.5. The quantitative estimate of drug-likeness (QED) is 0.650. The van der Waals surface area contributed by atoms with Crippen LogP contribution in [0.1, 0.15) is 63.4 Å². The van der Waals surface area contributed by atoms with Crippen LogP contribution in [-0.2, 0) is 14.3 Å². The minimum absolute atomic E-state index is 0.136. The topological polar surface area (TPSA) is 107 Å². The second kappa shape index (κ2) is 11.2. The molecule has 1 aromatic heterocycles. The van der Waals surface area contributed by atoms with Crippen LogP contribution < -0.4 is 10.1 Å². The number of pyridine rings is 1. The fraction of sp³-hybridized carbons (Fsp3) is 0.682.